The second-order valence-corrected chi connectivity index (χ2v) is 8.96. The van der Waals surface area contributed by atoms with E-state index < -0.39 is 0 Å². The highest BCUT2D eigenvalue weighted by Crippen LogP contribution is 2.58. The Hall–Kier alpha value is -1.62. The fourth-order valence-electron chi connectivity index (χ4n) is 4.63. The summed E-state index contributed by atoms with van der Waals surface area (Å²) in [4.78, 5) is 19.5. The van der Waals surface area contributed by atoms with Crippen LogP contribution in [0, 0.1) is 17.3 Å². The molecule has 148 valence electrons. The van der Waals surface area contributed by atoms with Gasteiger partial charge in [-0.1, -0.05) is 33.1 Å². The Morgan fingerprint density at radius 3 is 2.81 bits per heavy atom. The topological polar surface area (TPSA) is 54.5 Å². The molecule has 27 heavy (non-hydrogen) atoms. The number of hydrogen-bond acceptors (Lipinski definition) is 4. The van der Waals surface area contributed by atoms with Gasteiger partial charge in [-0.3, -0.25) is 4.79 Å². The van der Waals surface area contributed by atoms with E-state index in [-0.39, 0.29) is 12.0 Å². The maximum absolute atomic E-state index is 12.6. The molecular weight excluding hydrogens is 338 g/mol. The van der Waals surface area contributed by atoms with Crippen molar-refractivity contribution >= 4 is 17.4 Å². The molecule has 2 atom stereocenters. The van der Waals surface area contributed by atoms with Crippen LogP contribution in [-0.4, -0.2) is 36.7 Å². The monoisotopic (exact) mass is 371 g/mol. The number of amides is 1. The van der Waals surface area contributed by atoms with E-state index in [1.54, 1.807) is 6.20 Å². The molecule has 1 aromatic rings. The number of nitrogens with zero attached hydrogens (tertiary/aromatic N) is 2. The molecule has 0 spiro atoms. The molecule has 0 radical (unpaired) electrons. The molecule has 0 aromatic carbocycles. The Morgan fingerprint density at radius 1 is 1.41 bits per heavy atom. The van der Waals surface area contributed by atoms with E-state index >= 15 is 0 Å². The van der Waals surface area contributed by atoms with Crippen LogP contribution in [0.4, 0.5) is 11.5 Å². The van der Waals surface area contributed by atoms with Crippen molar-refractivity contribution in [3.63, 3.8) is 0 Å². The molecule has 1 N–H and O–H groups in total. The lowest BCUT2D eigenvalue weighted by molar-refractivity contribution is -0.118. The number of aromatic nitrogens is 1. The van der Waals surface area contributed by atoms with Gasteiger partial charge in [0.15, 0.2) is 0 Å². The van der Waals surface area contributed by atoms with Gasteiger partial charge in [-0.15, -0.1) is 0 Å². The normalized spacial score (nSPS) is 25.6. The lowest BCUT2D eigenvalue weighted by Crippen LogP contribution is -2.42. The van der Waals surface area contributed by atoms with Gasteiger partial charge >= 0.3 is 0 Å². The molecule has 2 heterocycles. The molecule has 4 rings (SSSR count). The van der Waals surface area contributed by atoms with Crippen LogP contribution in [-0.2, 0) is 9.53 Å². The predicted octanol–water partition coefficient (Wildman–Crippen LogP) is 4.24. The first kappa shape index (κ1) is 18.7. The number of nitrogens with one attached hydrogen (secondary N) is 1. The number of anilines is 2. The first-order valence-corrected chi connectivity index (χ1v) is 10.7. The summed E-state index contributed by atoms with van der Waals surface area (Å²) in [6.07, 6.45) is 10.3. The molecule has 3 aliphatic rings. The van der Waals surface area contributed by atoms with Gasteiger partial charge in [-0.2, -0.15) is 0 Å². The zero-order chi connectivity index (χ0) is 18.9. The predicted molar refractivity (Wildman–Crippen MR) is 108 cm³/mol. The number of hydrogen-bond donors (Lipinski definition) is 1. The molecule has 1 saturated heterocycles. The van der Waals surface area contributed by atoms with Crippen molar-refractivity contribution < 1.29 is 9.53 Å². The summed E-state index contributed by atoms with van der Waals surface area (Å²) in [6, 6.07) is 3.99. The SMILES string of the molecule is CCC1CN(c2ccc(NC(=O)CC(C3CCC3)C3(C)CC3)cn2)CCO1. The summed E-state index contributed by atoms with van der Waals surface area (Å²) in [6.45, 7) is 7.03. The van der Waals surface area contributed by atoms with Gasteiger partial charge in [0.25, 0.3) is 0 Å². The minimum Gasteiger partial charge on any atom is -0.375 e. The van der Waals surface area contributed by atoms with Crippen molar-refractivity contribution in [3.05, 3.63) is 18.3 Å². The second-order valence-electron chi connectivity index (χ2n) is 8.96. The number of carbonyl (C=O) groups excluding carboxylic acids is 1. The van der Waals surface area contributed by atoms with Crippen molar-refractivity contribution in [2.75, 3.05) is 29.9 Å². The number of pyridine rings is 1. The smallest absolute Gasteiger partial charge is 0.224 e. The maximum atomic E-state index is 12.6. The van der Waals surface area contributed by atoms with Gasteiger partial charge in [0.05, 0.1) is 24.6 Å². The number of ether oxygens (including phenoxy) is 1. The first-order chi connectivity index (χ1) is 13.1. The standard InChI is InChI=1S/C22H33N3O2/c1-3-18-15-25(11-12-27-18)20-8-7-17(14-23-20)24-21(26)13-19(16-5-4-6-16)22(2)9-10-22/h7-8,14,16,18-19H,3-6,9-13,15H2,1-2H3,(H,24,26). The summed E-state index contributed by atoms with van der Waals surface area (Å²) < 4.78 is 5.73. The summed E-state index contributed by atoms with van der Waals surface area (Å²) in [5.74, 6) is 2.42. The van der Waals surface area contributed by atoms with Crippen LogP contribution in [0.15, 0.2) is 18.3 Å². The van der Waals surface area contributed by atoms with Crippen molar-refractivity contribution in [2.24, 2.45) is 17.3 Å². The largest absolute Gasteiger partial charge is 0.375 e. The number of carbonyl (C=O) groups is 1. The Balaban J connectivity index is 1.33. The van der Waals surface area contributed by atoms with E-state index in [9.17, 15) is 4.79 Å². The van der Waals surface area contributed by atoms with Crippen molar-refractivity contribution in [2.45, 2.75) is 64.9 Å². The molecular formula is C22H33N3O2. The van der Waals surface area contributed by atoms with Crippen molar-refractivity contribution in [1.82, 2.24) is 4.98 Å². The Kier molecular flexibility index (Phi) is 5.40. The Labute approximate surface area is 162 Å². The van der Waals surface area contributed by atoms with Gasteiger partial charge in [0.1, 0.15) is 5.82 Å². The molecule has 2 saturated carbocycles. The highest BCUT2D eigenvalue weighted by molar-refractivity contribution is 5.90. The third-order valence-corrected chi connectivity index (χ3v) is 7.01. The third-order valence-electron chi connectivity index (χ3n) is 7.01. The van der Waals surface area contributed by atoms with E-state index in [2.05, 4.69) is 29.0 Å². The van der Waals surface area contributed by atoms with E-state index in [1.807, 2.05) is 12.1 Å². The average Bonchev–Trinajstić information content (AvgIpc) is 3.39. The second kappa shape index (κ2) is 7.78. The highest BCUT2D eigenvalue weighted by Gasteiger charge is 2.49. The quantitative estimate of drug-likeness (QED) is 0.779. The number of morpholine rings is 1. The fourth-order valence-corrected chi connectivity index (χ4v) is 4.63. The molecule has 5 heteroatoms. The minimum absolute atomic E-state index is 0.145. The summed E-state index contributed by atoms with van der Waals surface area (Å²) >= 11 is 0. The number of rotatable bonds is 7. The van der Waals surface area contributed by atoms with Crippen molar-refractivity contribution in [1.29, 1.82) is 0 Å². The van der Waals surface area contributed by atoms with E-state index in [4.69, 9.17) is 4.74 Å². The lowest BCUT2D eigenvalue weighted by Gasteiger charge is -2.37. The Morgan fingerprint density at radius 2 is 2.22 bits per heavy atom. The molecule has 2 aliphatic carbocycles. The molecule has 1 aliphatic heterocycles. The summed E-state index contributed by atoms with van der Waals surface area (Å²) in [5, 5.41) is 3.08. The van der Waals surface area contributed by atoms with Crippen LogP contribution in [0.2, 0.25) is 0 Å². The summed E-state index contributed by atoms with van der Waals surface area (Å²) in [7, 11) is 0. The lowest BCUT2D eigenvalue weighted by atomic mass is 9.68. The highest BCUT2D eigenvalue weighted by atomic mass is 16.5. The summed E-state index contributed by atoms with van der Waals surface area (Å²) in [5.41, 5.74) is 1.22. The van der Waals surface area contributed by atoms with Crippen molar-refractivity contribution in [3.8, 4) is 0 Å². The average molecular weight is 372 g/mol. The van der Waals surface area contributed by atoms with Crippen LogP contribution in [0.25, 0.3) is 0 Å². The molecule has 5 nitrogen and oxygen atoms in total. The van der Waals surface area contributed by atoms with E-state index in [0.717, 1.165) is 43.5 Å². The van der Waals surface area contributed by atoms with Gasteiger partial charge < -0.3 is 15.0 Å². The van der Waals surface area contributed by atoms with Crippen LogP contribution in [0.3, 0.4) is 0 Å². The van der Waals surface area contributed by atoms with E-state index in [1.165, 1.54) is 32.1 Å². The fraction of sp³-hybridized carbons (Fsp3) is 0.727. The maximum Gasteiger partial charge on any atom is 0.224 e. The molecule has 3 fully saturated rings. The molecule has 1 amide bonds. The van der Waals surface area contributed by atoms with Crippen LogP contribution >= 0.6 is 0 Å². The molecule has 0 bridgehead atoms. The van der Waals surface area contributed by atoms with Gasteiger partial charge in [-0.25, -0.2) is 4.98 Å². The zero-order valence-electron chi connectivity index (χ0n) is 16.7. The third kappa shape index (κ3) is 4.29. The minimum atomic E-state index is 0.145. The molecule has 1 aromatic heterocycles. The van der Waals surface area contributed by atoms with Gasteiger partial charge in [0, 0.05) is 19.5 Å². The van der Waals surface area contributed by atoms with Crippen LogP contribution < -0.4 is 10.2 Å². The molecule has 2 unspecified atom stereocenters. The van der Waals surface area contributed by atoms with Crippen LogP contribution in [0.5, 0.6) is 0 Å². The van der Waals surface area contributed by atoms with Gasteiger partial charge in [0.2, 0.25) is 5.91 Å². The van der Waals surface area contributed by atoms with Crippen LogP contribution in [0.1, 0.15) is 58.8 Å². The van der Waals surface area contributed by atoms with E-state index in [0.29, 0.717) is 17.8 Å². The van der Waals surface area contributed by atoms with Gasteiger partial charge in [-0.05, 0) is 48.6 Å². The first-order valence-electron chi connectivity index (χ1n) is 10.7. The zero-order valence-corrected chi connectivity index (χ0v) is 16.7. The Bertz CT molecular complexity index is 652.